The molecule has 0 radical (unpaired) electrons. The van der Waals surface area contributed by atoms with Crippen molar-refractivity contribution in [2.75, 3.05) is 14.2 Å². The predicted octanol–water partition coefficient (Wildman–Crippen LogP) is 4.60. The molecule has 0 saturated carbocycles. The van der Waals surface area contributed by atoms with Crippen LogP contribution in [0.4, 0.5) is 0 Å². The summed E-state index contributed by atoms with van der Waals surface area (Å²) < 4.78 is 48.2. The van der Waals surface area contributed by atoms with Crippen LogP contribution in [0.1, 0.15) is 28.7 Å². The van der Waals surface area contributed by atoms with Crippen LogP contribution in [0.5, 0.6) is 11.5 Å². The number of methoxy groups -OCH3 is 2. The zero-order valence-corrected chi connectivity index (χ0v) is 18.3. The minimum Gasteiger partial charge on any atom is -0.464 e. The first kappa shape index (κ1) is 21.4. The quantitative estimate of drug-likeness (QED) is 0.522. The number of fused-ring (bicyclic) bond motifs is 1. The van der Waals surface area contributed by atoms with Gasteiger partial charge in [-0.15, -0.1) is 0 Å². The van der Waals surface area contributed by atoms with Gasteiger partial charge in [0.25, 0.3) is 0 Å². The zero-order chi connectivity index (χ0) is 22.0. The van der Waals surface area contributed by atoms with E-state index in [0.29, 0.717) is 5.75 Å². The van der Waals surface area contributed by atoms with Gasteiger partial charge in [-0.1, -0.05) is 48.0 Å². The topological polar surface area (TPSA) is 71.1 Å². The maximum atomic E-state index is 12.6. The fourth-order valence-electron chi connectivity index (χ4n) is 3.79. The van der Waals surface area contributed by atoms with E-state index in [4.69, 9.17) is 18.4 Å². The molecule has 3 aromatic carbocycles. The Kier molecular flexibility index (Phi) is 6.00. The molecule has 3 atom stereocenters. The lowest BCUT2D eigenvalue weighted by atomic mass is 9.86. The predicted molar refractivity (Wildman–Crippen MR) is 116 cm³/mol. The van der Waals surface area contributed by atoms with Crippen molar-refractivity contribution >= 4 is 10.1 Å². The maximum Gasteiger partial charge on any atom is 0.339 e. The van der Waals surface area contributed by atoms with Crippen molar-refractivity contribution in [3.63, 3.8) is 0 Å². The molecule has 0 amide bonds. The highest BCUT2D eigenvalue weighted by Gasteiger charge is 2.40. The average Bonchev–Trinajstić information content (AvgIpc) is 2.78. The van der Waals surface area contributed by atoms with E-state index in [1.807, 2.05) is 37.3 Å². The van der Waals surface area contributed by atoms with E-state index >= 15 is 0 Å². The molecule has 7 heteroatoms. The standard InChI is InChI=1S/C24H24O6S/c1-16-9-12-19(13-10-16)31(25,26)30-18-11-14-20-21(15-18)29-24(28-3)22(23(20)27-2)17-7-5-4-6-8-17/h4-15,22-24H,1-3H3/t22-,23-,24-/m1/s1. The van der Waals surface area contributed by atoms with Gasteiger partial charge in [0.1, 0.15) is 16.4 Å². The van der Waals surface area contributed by atoms with Gasteiger partial charge < -0.3 is 18.4 Å². The van der Waals surface area contributed by atoms with Gasteiger partial charge in [-0.3, -0.25) is 0 Å². The van der Waals surface area contributed by atoms with Gasteiger partial charge in [0.2, 0.25) is 6.29 Å². The molecule has 4 rings (SSSR count). The fourth-order valence-corrected chi connectivity index (χ4v) is 4.72. The van der Waals surface area contributed by atoms with Gasteiger partial charge in [-0.2, -0.15) is 8.42 Å². The van der Waals surface area contributed by atoms with Crippen LogP contribution < -0.4 is 8.92 Å². The minimum atomic E-state index is -3.97. The molecule has 0 N–H and O–H groups in total. The molecule has 31 heavy (non-hydrogen) atoms. The third kappa shape index (κ3) is 4.30. The SMILES string of the molecule is CO[C@@H]1Oc2cc(OS(=O)(=O)c3ccc(C)cc3)ccc2[C@@H](OC)[C@H]1c1ccccc1. The highest BCUT2D eigenvalue weighted by atomic mass is 32.2. The fraction of sp³-hybridized carbons (Fsp3) is 0.250. The van der Waals surface area contributed by atoms with Crippen LogP contribution in [0.3, 0.4) is 0 Å². The highest BCUT2D eigenvalue weighted by Crippen LogP contribution is 2.47. The molecular weight excluding hydrogens is 416 g/mol. The molecular formula is C24H24O6S. The number of ether oxygens (including phenoxy) is 3. The summed E-state index contributed by atoms with van der Waals surface area (Å²) in [5, 5.41) is 0. The van der Waals surface area contributed by atoms with Gasteiger partial charge in [0, 0.05) is 25.8 Å². The lowest BCUT2D eigenvalue weighted by molar-refractivity contribution is -0.119. The Balaban J connectivity index is 1.66. The van der Waals surface area contributed by atoms with E-state index in [1.54, 1.807) is 44.6 Å². The van der Waals surface area contributed by atoms with Crippen LogP contribution >= 0.6 is 0 Å². The van der Waals surface area contributed by atoms with Crippen LogP contribution in [0.2, 0.25) is 0 Å². The molecule has 162 valence electrons. The summed E-state index contributed by atoms with van der Waals surface area (Å²) >= 11 is 0. The Hall–Kier alpha value is -2.87. The Morgan fingerprint density at radius 2 is 1.58 bits per heavy atom. The number of hydrogen-bond donors (Lipinski definition) is 0. The van der Waals surface area contributed by atoms with Crippen molar-refractivity contribution in [3.8, 4) is 11.5 Å². The summed E-state index contributed by atoms with van der Waals surface area (Å²) in [4.78, 5) is 0.0883. The minimum absolute atomic E-state index is 0.0883. The number of hydrogen-bond acceptors (Lipinski definition) is 6. The molecule has 1 aliphatic rings. The summed E-state index contributed by atoms with van der Waals surface area (Å²) in [5.41, 5.74) is 2.78. The van der Waals surface area contributed by atoms with E-state index in [1.165, 1.54) is 12.1 Å². The molecule has 0 unspecified atom stereocenters. The summed E-state index contributed by atoms with van der Waals surface area (Å²) in [7, 11) is -0.763. The Bertz CT molecular complexity index is 1140. The van der Waals surface area contributed by atoms with Gasteiger partial charge in [0.05, 0.1) is 12.0 Å². The van der Waals surface area contributed by atoms with Crippen LogP contribution in [0.15, 0.2) is 77.7 Å². The number of rotatable bonds is 6. The largest absolute Gasteiger partial charge is 0.464 e. The highest BCUT2D eigenvalue weighted by molar-refractivity contribution is 7.87. The van der Waals surface area contributed by atoms with Crippen LogP contribution in [0, 0.1) is 6.92 Å². The molecule has 0 saturated heterocycles. The van der Waals surface area contributed by atoms with Crippen molar-refractivity contribution in [3.05, 3.63) is 89.5 Å². The molecule has 0 bridgehead atoms. The van der Waals surface area contributed by atoms with Crippen LogP contribution in [0.25, 0.3) is 0 Å². The molecule has 0 spiro atoms. The Morgan fingerprint density at radius 3 is 2.23 bits per heavy atom. The Morgan fingerprint density at radius 1 is 0.871 bits per heavy atom. The summed E-state index contributed by atoms with van der Waals surface area (Å²) in [5.74, 6) is 0.427. The van der Waals surface area contributed by atoms with E-state index in [0.717, 1.165) is 16.7 Å². The van der Waals surface area contributed by atoms with Gasteiger partial charge >= 0.3 is 10.1 Å². The molecule has 3 aromatic rings. The second-order valence-corrected chi connectivity index (χ2v) is 8.91. The summed E-state index contributed by atoms with van der Waals surface area (Å²) in [6.07, 6.45) is -0.942. The third-order valence-corrected chi connectivity index (χ3v) is 6.60. The normalized spacial score (nSPS) is 20.5. The first-order valence-corrected chi connectivity index (χ1v) is 11.3. The van der Waals surface area contributed by atoms with E-state index in [9.17, 15) is 8.42 Å². The van der Waals surface area contributed by atoms with E-state index in [2.05, 4.69) is 0 Å². The van der Waals surface area contributed by atoms with Gasteiger partial charge in [-0.25, -0.2) is 0 Å². The molecule has 0 fully saturated rings. The van der Waals surface area contributed by atoms with Crippen molar-refractivity contribution in [1.29, 1.82) is 0 Å². The zero-order valence-electron chi connectivity index (χ0n) is 17.5. The van der Waals surface area contributed by atoms with Gasteiger partial charge in [0.15, 0.2) is 0 Å². The monoisotopic (exact) mass is 440 g/mol. The average molecular weight is 441 g/mol. The van der Waals surface area contributed by atoms with Crippen molar-refractivity contribution in [2.24, 2.45) is 0 Å². The molecule has 6 nitrogen and oxygen atoms in total. The first-order chi connectivity index (χ1) is 14.9. The maximum absolute atomic E-state index is 12.6. The second kappa shape index (κ2) is 8.70. The lowest BCUT2D eigenvalue weighted by Gasteiger charge is -2.38. The first-order valence-electron chi connectivity index (χ1n) is 9.85. The number of aryl methyl sites for hydroxylation is 1. The van der Waals surface area contributed by atoms with Crippen molar-refractivity contribution < 1.29 is 26.8 Å². The third-order valence-electron chi connectivity index (χ3n) is 5.34. The molecule has 1 heterocycles. The molecule has 0 aliphatic carbocycles. The van der Waals surface area contributed by atoms with Crippen LogP contribution in [-0.4, -0.2) is 28.9 Å². The van der Waals surface area contributed by atoms with E-state index < -0.39 is 16.4 Å². The van der Waals surface area contributed by atoms with Crippen molar-refractivity contribution in [1.82, 2.24) is 0 Å². The van der Waals surface area contributed by atoms with E-state index in [-0.39, 0.29) is 22.7 Å². The smallest absolute Gasteiger partial charge is 0.339 e. The Labute approximate surface area is 182 Å². The second-order valence-electron chi connectivity index (χ2n) is 7.36. The number of benzene rings is 3. The van der Waals surface area contributed by atoms with Crippen LogP contribution in [-0.2, 0) is 19.6 Å². The van der Waals surface area contributed by atoms with Gasteiger partial charge in [-0.05, 0) is 36.8 Å². The summed E-state index contributed by atoms with van der Waals surface area (Å²) in [6, 6.07) is 21.3. The lowest BCUT2D eigenvalue weighted by Crippen LogP contribution is -2.36. The summed E-state index contributed by atoms with van der Waals surface area (Å²) in [6.45, 7) is 1.89. The molecule has 0 aromatic heterocycles. The molecule has 1 aliphatic heterocycles. The van der Waals surface area contributed by atoms with Crippen molar-refractivity contribution in [2.45, 2.75) is 30.1 Å².